The number of aryl methyl sites for hydroxylation is 1. The maximum absolute atomic E-state index is 13.5. The summed E-state index contributed by atoms with van der Waals surface area (Å²) in [5.41, 5.74) is 4.45. The second-order valence-corrected chi connectivity index (χ2v) is 14.9. The molecule has 0 bridgehead atoms. The van der Waals surface area contributed by atoms with E-state index in [2.05, 4.69) is 30.1 Å². The van der Waals surface area contributed by atoms with Crippen molar-refractivity contribution in [1.29, 1.82) is 0 Å². The van der Waals surface area contributed by atoms with Crippen molar-refractivity contribution in [3.8, 4) is 11.1 Å². The number of nitrogens with zero attached hydrogens (tertiary/aromatic N) is 1. The highest BCUT2D eigenvalue weighted by atomic mass is 32.2. The molecule has 1 amide bonds. The Kier molecular flexibility index (Phi) is 9.96. The number of hydrogen-bond acceptors (Lipinski definition) is 5. The highest BCUT2D eigenvalue weighted by Crippen LogP contribution is 2.50. The van der Waals surface area contributed by atoms with Crippen LogP contribution in [0.3, 0.4) is 0 Å². The molecule has 2 fully saturated rings. The third-order valence-electron chi connectivity index (χ3n) is 8.95. The van der Waals surface area contributed by atoms with Gasteiger partial charge in [-0.25, -0.2) is 13.2 Å². The molecule has 1 atom stereocenters. The average Bonchev–Trinajstić information content (AvgIpc) is 3.69. The lowest BCUT2D eigenvalue weighted by molar-refractivity contribution is -0.139. The number of rotatable bonds is 13. The smallest absolute Gasteiger partial charge is 0.326 e. The van der Waals surface area contributed by atoms with Gasteiger partial charge in [0, 0.05) is 29.9 Å². The zero-order chi connectivity index (χ0) is 29.8. The van der Waals surface area contributed by atoms with Gasteiger partial charge in [-0.1, -0.05) is 62.4 Å². The average molecular weight is 583 g/mol. The third kappa shape index (κ3) is 8.19. The van der Waals surface area contributed by atoms with E-state index in [0.29, 0.717) is 11.6 Å². The van der Waals surface area contributed by atoms with Crippen LogP contribution in [0.2, 0.25) is 0 Å². The number of aliphatic carboxylic acids is 1. The topological polar surface area (TPSA) is 104 Å². The normalized spacial score (nSPS) is 17.9. The summed E-state index contributed by atoms with van der Waals surface area (Å²) in [6.45, 7) is 7.33. The molecular weight excluding hydrogens is 536 g/mol. The summed E-state index contributed by atoms with van der Waals surface area (Å²) < 4.78 is 23.3. The lowest BCUT2D eigenvalue weighted by atomic mass is 9.83. The van der Waals surface area contributed by atoms with E-state index in [-0.39, 0.29) is 17.7 Å². The molecule has 0 heterocycles. The van der Waals surface area contributed by atoms with Crippen molar-refractivity contribution in [3.63, 3.8) is 0 Å². The summed E-state index contributed by atoms with van der Waals surface area (Å²) in [6, 6.07) is 12.8. The van der Waals surface area contributed by atoms with E-state index >= 15 is 0 Å². The monoisotopic (exact) mass is 582 g/mol. The molecule has 2 N–H and O–H groups in total. The minimum Gasteiger partial charge on any atom is -0.480 e. The molecule has 1 unspecified atom stereocenters. The molecule has 0 saturated heterocycles. The van der Waals surface area contributed by atoms with E-state index in [1.807, 2.05) is 37.3 Å². The number of amides is 1. The molecule has 2 aromatic carbocycles. The van der Waals surface area contributed by atoms with Crippen molar-refractivity contribution in [1.82, 2.24) is 10.2 Å². The molecule has 224 valence electrons. The van der Waals surface area contributed by atoms with Gasteiger partial charge in [-0.2, -0.15) is 0 Å². The molecule has 2 aromatic rings. The first-order valence-corrected chi connectivity index (χ1v) is 17.1. The molecule has 4 rings (SSSR count). The van der Waals surface area contributed by atoms with Crippen LogP contribution < -0.4 is 5.32 Å². The Morgan fingerprint density at radius 2 is 1.73 bits per heavy atom. The van der Waals surface area contributed by atoms with Crippen LogP contribution >= 0.6 is 0 Å². The van der Waals surface area contributed by atoms with Crippen molar-refractivity contribution in [3.05, 3.63) is 59.2 Å². The summed E-state index contributed by atoms with van der Waals surface area (Å²) in [5.74, 6) is -1.28. The van der Waals surface area contributed by atoms with Crippen LogP contribution in [0.25, 0.3) is 11.1 Å². The summed E-state index contributed by atoms with van der Waals surface area (Å²) >= 11 is 0. The van der Waals surface area contributed by atoms with Gasteiger partial charge in [0.1, 0.15) is 15.9 Å². The van der Waals surface area contributed by atoms with Crippen LogP contribution in [-0.2, 0) is 21.2 Å². The molecule has 0 radical (unpaired) electrons. The molecule has 0 spiro atoms. The Hall–Kier alpha value is -2.71. The minimum absolute atomic E-state index is 0.190. The van der Waals surface area contributed by atoms with Crippen LogP contribution in [0.15, 0.2) is 42.5 Å². The van der Waals surface area contributed by atoms with Crippen molar-refractivity contribution in [2.45, 2.75) is 103 Å². The van der Waals surface area contributed by atoms with Crippen molar-refractivity contribution in [2.24, 2.45) is 5.92 Å². The van der Waals surface area contributed by atoms with Gasteiger partial charge in [-0.15, -0.1) is 0 Å². The number of sulfone groups is 1. The highest BCUT2D eigenvalue weighted by molar-refractivity contribution is 7.90. The van der Waals surface area contributed by atoms with Gasteiger partial charge in [0.25, 0.3) is 5.91 Å². The summed E-state index contributed by atoms with van der Waals surface area (Å²) in [6.07, 6.45) is 11.4. The molecule has 41 heavy (non-hydrogen) atoms. The second kappa shape index (κ2) is 13.1. The van der Waals surface area contributed by atoms with Gasteiger partial charge in [0.2, 0.25) is 0 Å². The van der Waals surface area contributed by atoms with Gasteiger partial charge in [0.05, 0.1) is 5.75 Å². The molecule has 0 aromatic heterocycles. The fraction of sp³-hybridized carbons (Fsp3) is 0.576. The predicted molar refractivity (Wildman–Crippen MR) is 164 cm³/mol. The van der Waals surface area contributed by atoms with Crippen LogP contribution in [0.5, 0.6) is 0 Å². The van der Waals surface area contributed by atoms with Gasteiger partial charge >= 0.3 is 5.97 Å². The van der Waals surface area contributed by atoms with E-state index in [4.69, 9.17) is 0 Å². The number of nitrogens with one attached hydrogen (secondary N) is 1. The van der Waals surface area contributed by atoms with E-state index in [1.165, 1.54) is 51.4 Å². The Morgan fingerprint density at radius 3 is 2.32 bits per heavy atom. The number of carboxylic acids is 1. The number of carbonyl (C=O) groups excluding carboxylic acids is 1. The van der Waals surface area contributed by atoms with E-state index in [9.17, 15) is 23.1 Å². The van der Waals surface area contributed by atoms with Gasteiger partial charge in [-0.05, 0) is 86.8 Å². The maximum atomic E-state index is 13.5. The maximum Gasteiger partial charge on any atom is 0.326 e. The molecule has 2 aliphatic rings. The number of hydrogen-bond donors (Lipinski definition) is 2. The Morgan fingerprint density at radius 1 is 1.05 bits per heavy atom. The molecule has 2 aliphatic carbocycles. The summed E-state index contributed by atoms with van der Waals surface area (Å²) in [5, 5.41) is 12.3. The van der Waals surface area contributed by atoms with Crippen molar-refractivity contribution in [2.75, 3.05) is 12.0 Å². The van der Waals surface area contributed by atoms with Crippen LogP contribution in [0.1, 0.15) is 93.1 Å². The molecule has 8 heteroatoms. The lowest BCUT2D eigenvalue weighted by Crippen LogP contribution is -2.43. The van der Waals surface area contributed by atoms with Crippen molar-refractivity contribution >= 4 is 21.7 Å². The number of carbonyl (C=O) groups is 2. The third-order valence-corrected chi connectivity index (χ3v) is 9.93. The Labute approximate surface area is 245 Å². The summed E-state index contributed by atoms with van der Waals surface area (Å²) in [4.78, 5) is 28.0. The molecule has 7 nitrogen and oxygen atoms in total. The second-order valence-electron chi connectivity index (χ2n) is 12.6. The lowest BCUT2D eigenvalue weighted by Gasteiger charge is -2.38. The van der Waals surface area contributed by atoms with Crippen LogP contribution in [0, 0.1) is 12.8 Å². The SMILES string of the molecule is Cc1ccccc1-c1cc(CN(C(C)C)C2(CC3CCCCC3)CC2)ccc1C(=O)NC(CCS(C)(=O)=O)C(=O)O. The fourth-order valence-corrected chi connectivity index (χ4v) is 7.25. The van der Waals surface area contributed by atoms with Crippen molar-refractivity contribution < 1.29 is 23.1 Å². The molecule has 0 aliphatic heterocycles. The van der Waals surface area contributed by atoms with Crippen LogP contribution in [-0.4, -0.2) is 59.9 Å². The van der Waals surface area contributed by atoms with E-state index in [1.54, 1.807) is 6.07 Å². The first kappa shape index (κ1) is 31.2. The minimum atomic E-state index is -3.37. The largest absolute Gasteiger partial charge is 0.480 e. The van der Waals surface area contributed by atoms with E-state index < -0.39 is 27.8 Å². The standard InChI is InChI=1S/C33H46N2O5S/c1-23(2)35(33(17-18-33)21-25-11-6-5-7-12-25)22-26-14-15-28(29(20-26)27-13-9-8-10-24(27)3)31(36)34-30(32(37)38)16-19-41(4,39)40/h8-10,13-15,20,23,25,30H,5-7,11-12,16-19,21-22H2,1-4H3,(H,34,36)(H,37,38). The molecular formula is C33H46N2O5S. The summed E-state index contributed by atoms with van der Waals surface area (Å²) in [7, 11) is -3.37. The molecule has 2 saturated carbocycles. The van der Waals surface area contributed by atoms with Gasteiger partial charge in [0.15, 0.2) is 0 Å². The van der Waals surface area contributed by atoms with Gasteiger partial charge < -0.3 is 10.4 Å². The number of carboxylic acid groups (broad SMARTS) is 1. The quantitative estimate of drug-likeness (QED) is 0.301. The first-order valence-electron chi connectivity index (χ1n) is 15.1. The number of benzene rings is 2. The van der Waals surface area contributed by atoms with Gasteiger partial charge in [-0.3, -0.25) is 9.69 Å². The zero-order valence-electron chi connectivity index (χ0n) is 25.0. The fourth-order valence-electron chi connectivity index (χ4n) is 6.59. The van der Waals surface area contributed by atoms with E-state index in [0.717, 1.165) is 41.0 Å². The predicted octanol–water partition coefficient (Wildman–Crippen LogP) is 5.99. The highest BCUT2D eigenvalue weighted by Gasteiger charge is 2.49. The first-order chi connectivity index (χ1) is 19.4. The zero-order valence-corrected chi connectivity index (χ0v) is 25.8. The van der Waals surface area contributed by atoms with Crippen LogP contribution in [0.4, 0.5) is 0 Å². The Balaban J connectivity index is 1.62. The Bertz CT molecular complexity index is 1340.